The minimum absolute atomic E-state index is 0.131. The van der Waals surface area contributed by atoms with Crippen molar-refractivity contribution in [3.8, 4) is 11.7 Å². The van der Waals surface area contributed by atoms with Gasteiger partial charge in [-0.15, -0.1) is 5.10 Å². The molecule has 7 nitrogen and oxygen atoms in total. The fraction of sp³-hybridized carbons (Fsp3) is 0.500. The van der Waals surface area contributed by atoms with E-state index < -0.39 is 10.0 Å². The molecule has 1 amide bonds. The minimum atomic E-state index is -0.602. The average molecular weight is 570 g/mol. The molecule has 1 saturated carbocycles. The highest BCUT2D eigenvalue weighted by molar-refractivity contribution is 8.33. The lowest BCUT2D eigenvalue weighted by Crippen LogP contribution is -2.40. The topological polar surface area (TPSA) is 72.3 Å². The number of amides is 1. The minimum Gasteiger partial charge on any atom is -0.477 e. The molecule has 0 spiro atoms. The maximum atomic E-state index is 13.3. The zero-order chi connectivity index (χ0) is 28.4. The second-order valence-corrected chi connectivity index (χ2v) is 17.5. The summed E-state index contributed by atoms with van der Waals surface area (Å²) in [7, 11) is -0.602. The lowest BCUT2D eigenvalue weighted by Gasteiger charge is -2.36. The number of aromatic nitrogens is 3. The Balaban J connectivity index is 1.55. The molecule has 9 heteroatoms. The summed E-state index contributed by atoms with van der Waals surface area (Å²) in [6.07, 6.45) is 18.9. The number of ether oxygens (including phenoxy) is 1. The van der Waals surface area contributed by atoms with E-state index in [2.05, 4.69) is 67.4 Å². The lowest BCUT2D eigenvalue weighted by molar-refractivity contribution is 0.0984. The largest absolute Gasteiger partial charge is 0.477 e. The molecule has 1 saturated heterocycles. The molecule has 212 valence electrons. The molecule has 1 unspecified atom stereocenters. The van der Waals surface area contributed by atoms with Gasteiger partial charge in [-0.25, -0.2) is 19.7 Å². The first-order valence-corrected chi connectivity index (χ1v) is 17.1. The number of rotatable bonds is 12. The van der Waals surface area contributed by atoms with Crippen molar-refractivity contribution in [2.75, 3.05) is 36.8 Å². The summed E-state index contributed by atoms with van der Waals surface area (Å²) in [5.74, 6) is 2.19. The normalized spacial score (nSPS) is 20.4. The van der Waals surface area contributed by atoms with E-state index in [1.807, 2.05) is 24.4 Å². The molecule has 3 heterocycles. The molecule has 2 aromatic rings. The number of allylic oxidation sites excluding steroid dienone is 3. The van der Waals surface area contributed by atoms with E-state index in [1.165, 1.54) is 24.8 Å². The first kappa shape index (κ1) is 29.3. The quantitative estimate of drug-likeness (QED) is 0.232. The summed E-state index contributed by atoms with van der Waals surface area (Å²) in [4.78, 5) is 21.4. The van der Waals surface area contributed by atoms with Crippen molar-refractivity contribution < 1.29 is 9.53 Å². The molecule has 1 N–H and O–H groups in total. The number of carbonyl (C=O) groups excluding carboxylic acids is 1. The van der Waals surface area contributed by atoms with Crippen LogP contribution in [0.2, 0.25) is 0 Å². The van der Waals surface area contributed by atoms with Gasteiger partial charge in [0.2, 0.25) is 5.88 Å². The van der Waals surface area contributed by atoms with E-state index in [9.17, 15) is 4.79 Å². The van der Waals surface area contributed by atoms with Gasteiger partial charge in [0, 0.05) is 34.0 Å². The highest BCUT2D eigenvalue weighted by atomic mass is 32.3. The summed E-state index contributed by atoms with van der Waals surface area (Å²) in [5.41, 5.74) is 0.396. The monoisotopic (exact) mass is 569 g/mol. The van der Waals surface area contributed by atoms with E-state index in [0.29, 0.717) is 40.4 Å². The summed E-state index contributed by atoms with van der Waals surface area (Å²) in [6.45, 7) is 15.7. The van der Waals surface area contributed by atoms with E-state index >= 15 is 0 Å². The van der Waals surface area contributed by atoms with Gasteiger partial charge >= 0.3 is 0 Å². The Labute approximate surface area is 239 Å². The molecule has 1 aliphatic carbocycles. The van der Waals surface area contributed by atoms with Crippen LogP contribution in [-0.4, -0.2) is 62.9 Å². The highest BCUT2D eigenvalue weighted by Crippen LogP contribution is 2.66. The van der Waals surface area contributed by atoms with Crippen LogP contribution in [0.25, 0.3) is 5.82 Å². The van der Waals surface area contributed by atoms with Gasteiger partial charge in [0.05, 0.1) is 12.2 Å². The lowest BCUT2D eigenvalue weighted by atomic mass is 9.97. The van der Waals surface area contributed by atoms with Gasteiger partial charge in [-0.05, 0) is 94.4 Å². The standard InChI is InChI=1S/C30H43N5O2S2/c1-9-11-23(10-2)38-33-28(36)24-12-13-25(31-27(24)34-21-22(3)20-29(34,4)5)35-18-14-26(32-35)37-19-17-30(15-16-30)39(6,7)8/h9-14,18,22H,1-2,15-17,19-21H2,3-8H3,(H,33,36)/b23-11+. The fourth-order valence-corrected chi connectivity index (χ4v) is 8.08. The van der Waals surface area contributed by atoms with Gasteiger partial charge in [0.25, 0.3) is 5.91 Å². The van der Waals surface area contributed by atoms with Crippen molar-refractivity contribution >= 4 is 33.7 Å². The van der Waals surface area contributed by atoms with Crippen LogP contribution in [0, 0.1) is 5.92 Å². The number of nitrogens with zero attached hydrogens (tertiary/aromatic N) is 4. The zero-order valence-corrected chi connectivity index (χ0v) is 25.8. The van der Waals surface area contributed by atoms with Crippen molar-refractivity contribution in [3.05, 3.63) is 66.3 Å². The molecule has 39 heavy (non-hydrogen) atoms. The van der Waals surface area contributed by atoms with E-state index in [-0.39, 0.29) is 11.4 Å². The Morgan fingerprint density at radius 3 is 2.59 bits per heavy atom. The van der Waals surface area contributed by atoms with Crippen LogP contribution in [0.1, 0.15) is 56.8 Å². The molecule has 2 aliphatic rings. The van der Waals surface area contributed by atoms with Crippen LogP contribution >= 0.6 is 22.0 Å². The van der Waals surface area contributed by atoms with E-state index in [4.69, 9.17) is 9.72 Å². The summed E-state index contributed by atoms with van der Waals surface area (Å²) in [5, 5.41) is 4.65. The third-order valence-electron chi connectivity index (χ3n) is 7.89. The Morgan fingerprint density at radius 2 is 2.00 bits per heavy atom. The van der Waals surface area contributed by atoms with Gasteiger partial charge in [-0.1, -0.05) is 32.2 Å². The highest BCUT2D eigenvalue weighted by Gasteiger charge is 2.49. The number of anilines is 1. The van der Waals surface area contributed by atoms with Crippen molar-refractivity contribution in [2.45, 2.75) is 56.7 Å². The van der Waals surface area contributed by atoms with Crippen LogP contribution in [0.3, 0.4) is 0 Å². The smallest absolute Gasteiger partial charge is 0.265 e. The zero-order valence-electron chi connectivity index (χ0n) is 24.2. The van der Waals surface area contributed by atoms with Crippen LogP contribution in [0.5, 0.6) is 5.88 Å². The predicted molar refractivity (Wildman–Crippen MR) is 168 cm³/mol. The van der Waals surface area contributed by atoms with Gasteiger partial charge in [0.15, 0.2) is 5.82 Å². The van der Waals surface area contributed by atoms with Crippen LogP contribution < -0.4 is 14.4 Å². The van der Waals surface area contributed by atoms with Gasteiger partial charge in [-0.3, -0.25) is 9.52 Å². The molecule has 0 bridgehead atoms. The third kappa shape index (κ3) is 6.57. The number of hydrogen-bond acceptors (Lipinski definition) is 6. The molecule has 2 fully saturated rings. The summed E-state index contributed by atoms with van der Waals surface area (Å²) in [6, 6.07) is 5.55. The molecule has 4 rings (SSSR count). The Bertz CT molecular complexity index is 1260. The van der Waals surface area contributed by atoms with E-state index in [1.54, 1.807) is 22.9 Å². The second-order valence-electron chi connectivity index (χ2n) is 12.0. The molecule has 0 radical (unpaired) electrons. The number of nitrogens with one attached hydrogen (secondary N) is 1. The first-order chi connectivity index (χ1) is 18.4. The summed E-state index contributed by atoms with van der Waals surface area (Å²) < 4.78 is 11.2. The SMILES string of the molecule is C=C/C=C(\C=C)SNC(=O)c1ccc(-n2ccc(OCCC3(S(C)(C)C)CC3)n2)nc1N1CC(C)CC1(C)C. The Kier molecular flexibility index (Phi) is 8.61. The third-order valence-corrected chi connectivity index (χ3v) is 11.9. The molecule has 2 aromatic heterocycles. The van der Waals surface area contributed by atoms with Crippen LogP contribution in [-0.2, 0) is 0 Å². The van der Waals surface area contributed by atoms with Crippen LogP contribution in [0.15, 0.2) is 60.7 Å². The molecule has 0 aromatic carbocycles. The molecule has 1 atom stereocenters. The van der Waals surface area contributed by atoms with Gasteiger partial charge in [0.1, 0.15) is 5.82 Å². The van der Waals surface area contributed by atoms with Crippen molar-refractivity contribution in [2.24, 2.45) is 5.92 Å². The Morgan fingerprint density at radius 1 is 1.26 bits per heavy atom. The van der Waals surface area contributed by atoms with Gasteiger partial charge in [-0.2, -0.15) is 0 Å². The van der Waals surface area contributed by atoms with Crippen molar-refractivity contribution in [1.29, 1.82) is 0 Å². The van der Waals surface area contributed by atoms with Crippen molar-refractivity contribution in [3.63, 3.8) is 0 Å². The van der Waals surface area contributed by atoms with Crippen molar-refractivity contribution in [1.82, 2.24) is 19.5 Å². The number of carbonyl (C=O) groups is 1. The molecular weight excluding hydrogens is 526 g/mol. The maximum absolute atomic E-state index is 13.3. The predicted octanol–water partition coefficient (Wildman–Crippen LogP) is 6.52. The number of pyridine rings is 1. The average Bonchev–Trinajstić information content (AvgIpc) is 3.44. The van der Waals surface area contributed by atoms with Gasteiger partial charge < -0.3 is 9.64 Å². The Hall–Kier alpha value is -2.65. The van der Waals surface area contributed by atoms with E-state index in [0.717, 1.165) is 24.3 Å². The summed E-state index contributed by atoms with van der Waals surface area (Å²) >= 11 is 1.21. The first-order valence-electron chi connectivity index (χ1n) is 13.5. The molecular formula is C30H43N5O2S2. The fourth-order valence-electron chi connectivity index (χ4n) is 5.49. The second kappa shape index (κ2) is 11.5. The number of hydrogen-bond donors (Lipinski definition) is 1. The molecule has 1 aliphatic heterocycles. The maximum Gasteiger partial charge on any atom is 0.265 e. The van der Waals surface area contributed by atoms with Crippen LogP contribution in [0.4, 0.5) is 5.82 Å².